The molecule has 0 aliphatic carbocycles. The highest BCUT2D eigenvalue weighted by atomic mass is 32.2. The minimum absolute atomic E-state index is 0.190. The minimum atomic E-state index is -3.65. The standard InChI is InChI=1S/C24H30N2O6S/c1-4-31-20-6-8-21(9-7-20)33(29,30)26-13-11-19(12-14-26)24(28)32-16-23(27)25-22-10-5-17(2)15-18(22)3/h5-10,15,19H,4,11-14,16H2,1-3H3,(H,25,27). The highest BCUT2D eigenvalue weighted by Gasteiger charge is 2.33. The lowest BCUT2D eigenvalue weighted by Crippen LogP contribution is -2.40. The molecule has 0 spiro atoms. The summed E-state index contributed by atoms with van der Waals surface area (Å²) in [5.74, 6) is -0.722. The Hall–Kier alpha value is -2.91. The summed E-state index contributed by atoms with van der Waals surface area (Å²) in [5.41, 5.74) is 2.69. The van der Waals surface area contributed by atoms with E-state index in [-0.39, 0.29) is 24.6 Å². The molecule has 9 heteroatoms. The largest absolute Gasteiger partial charge is 0.494 e. The summed E-state index contributed by atoms with van der Waals surface area (Å²) >= 11 is 0. The van der Waals surface area contributed by atoms with Crippen molar-refractivity contribution in [1.29, 1.82) is 0 Å². The molecule has 2 aromatic rings. The third kappa shape index (κ3) is 6.33. The molecular formula is C24H30N2O6S. The first-order valence-corrected chi connectivity index (χ1v) is 12.4. The van der Waals surface area contributed by atoms with Gasteiger partial charge in [0, 0.05) is 18.8 Å². The number of hydrogen-bond donors (Lipinski definition) is 1. The number of piperidine rings is 1. The monoisotopic (exact) mass is 474 g/mol. The molecule has 0 saturated carbocycles. The Morgan fingerprint density at radius 1 is 1.06 bits per heavy atom. The average molecular weight is 475 g/mol. The minimum Gasteiger partial charge on any atom is -0.494 e. The van der Waals surface area contributed by atoms with Crippen molar-refractivity contribution in [2.45, 2.75) is 38.5 Å². The van der Waals surface area contributed by atoms with E-state index in [0.717, 1.165) is 11.1 Å². The molecule has 0 atom stereocenters. The molecule has 0 bridgehead atoms. The molecule has 0 radical (unpaired) electrons. The van der Waals surface area contributed by atoms with Gasteiger partial charge in [-0.15, -0.1) is 0 Å². The second-order valence-electron chi connectivity index (χ2n) is 8.06. The van der Waals surface area contributed by atoms with Gasteiger partial charge in [-0.1, -0.05) is 17.7 Å². The zero-order chi connectivity index (χ0) is 24.0. The van der Waals surface area contributed by atoms with Crippen LogP contribution in [0.3, 0.4) is 0 Å². The maximum absolute atomic E-state index is 12.9. The average Bonchev–Trinajstić information content (AvgIpc) is 2.80. The van der Waals surface area contributed by atoms with E-state index in [0.29, 0.717) is 30.9 Å². The van der Waals surface area contributed by atoms with Crippen LogP contribution in [0, 0.1) is 19.8 Å². The van der Waals surface area contributed by atoms with Gasteiger partial charge in [0.15, 0.2) is 6.61 Å². The molecule has 1 heterocycles. The number of anilines is 1. The summed E-state index contributed by atoms with van der Waals surface area (Å²) in [6.07, 6.45) is 0.682. The van der Waals surface area contributed by atoms with Crippen molar-refractivity contribution in [3.63, 3.8) is 0 Å². The van der Waals surface area contributed by atoms with Crippen molar-refractivity contribution in [3.8, 4) is 5.75 Å². The fraction of sp³-hybridized carbons (Fsp3) is 0.417. The summed E-state index contributed by atoms with van der Waals surface area (Å²) in [7, 11) is -3.65. The van der Waals surface area contributed by atoms with Crippen molar-refractivity contribution < 1.29 is 27.5 Å². The van der Waals surface area contributed by atoms with E-state index in [1.165, 1.54) is 16.4 Å². The quantitative estimate of drug-likeness (QED) is 0.589. The van der Waals surface area contributed by atoms with Gasteiger partial charge in [-0.3, -0.25) is 9.59 Å². The zero-order valence-electron chi connectivity index (χ0n) is 19.2. The molecule has 1 fully saturated rings. The van der Waals surface area contributed by atoms with Crippen LogP contribution < -0.4 is 10.1 Å². The second-order valence-corrected chi connectivity index (χ2v) is 9.99. The molecule has 33 heavy (non-hydrogen) atoms. The predicted octanol–water partition coefficient (Wildman–Crippen LogP) is 3.28. The van der Waals surface area contributed by atoms with E-state index in [1.807, 2.05) is 39.0 Å². The van der Waals surface area contributed by atoms with Gasteiger partial charge in [-0.2, -0.15) is 4.31 Å². The molecule has 2 aromatic carbocycles. The van der Waals surface area contributed by atoms with Crippen molar-refractivity contribution in [1.82, 2.24) is 4.31 Å². The lowest BCUT2D eigenvalue weighted by atomic mass is 9.98. The van der Waals surface area contributed by atoms with Gasteiger partial charge in [0.2, 0.25) is 10.0 Å². The Kier molecular flexibility index (Phi) is 8.10. The first-order valence-electron chi connectivity index (χ1n) is 11.0. The van der Waals surface area contributed by atoms with Crippen LogP contribution in [0.15, 0.2) is 47.4 Å². The van der Waals surface area contributed by atoms with Crippen LogP contribution in [-0.2, 0) is 24.3 Å². The normalized spacial score (nSPS) is 15.1. The lowest BCUT2D eigenvalue weighted by Gasteiger charge is -2.30. The number of sulfonamides is 1. The Bertz CT molecular complexity index is 1090. The fourth-order valence-corrected chi connectivity index (χ4v) is 5.22. The molecule has 3 rings (SSSR count). The van der Waals surface area contributed by atoms with Gasteiger partial charge >= 0.3 is 5.97 Å². The molecule has 1 N–H and O–H groups in total. The SMILES string of the molecule is CCOc1ccc(S(=O)(=O)N2CCC(C(=O)OCC(=O)Nc3ccc(C)cc3C)CC2)cc1. The van der Waals surface area contributed by atoms with Crippen LogP contribution in [0.25, 0.3) is 0 Å². The second kappa shape index (κ2) is 10.8. The molecule has 1 saturated heterocycles. The number of ether oxygens (including phenoxy) is 2. The van der Waals surface area contributed by atoms with E-state index in [1.54, 1.807) is 12.1 Å². The third-order valence-corrected chi connectivity index (χ3v) is 7.47. The van der Waals surface area contributed by atoms with Gasteiger partial charge < -0.3 is 14.8 Å². The molecule has 0 unspecified atom stereocenters. The van der Waals surface area contributed by atoms with E-state index >= 15 is 0 Å². The van der Waals surface area contributed by atoms with E-state index < -0.39 is 27.8 Å². The molecule has 1 aliphatic rings. The Labute approximate surface area is 194 Å². The molecule has 8 nitrogen and oxygen atoms in total. The molecule has 0 aromatic heterocycles. The number of benzene rings is 2. The van der Waals surface area contributed by atoms with E-state index in [2.05, 4.69) is 5.32 Å². The number of rotatable bonds is 8. The maximum Gasteiger partial charge on any atom is 0.309 e. The summed E-state index contributed by atoms with van der Waals surface area (Å²) in [5, 5.41) is 2.74. The van der Waals surface area contributed by atoms with Crippen molar-refractivity contribution >= 4 is 27.6 Å². The highest BCUT2D eigenvalue weighted by Crippen LogP contribution is 2.26. The summed E-state index contributed by atoms with van der Waals surface area (Å²) < 4.78 is 37.7. The first-order chi connectivity index (χ1) is 15.7. The number of hydrogen-bond acceptors (Lipinski definition) is 6. The number of nitrogens with zero attached hydrogens (tertiary/aromatic N) is 1. The number of amides is 1. The van der Waals surface area contributed by atoms with E-state index in [9.17, 15) is 18.0 Å². The smallest absolute Gasteiger partial charge is 0.309 e. The Morgan fingerprint density at radius 2 is 1.73 bits per heavy atom. The summed E-state index contributed by atoms with van der Waals surface area (Å²) in [6.45, 7) is 6.27. The van der Waals surface area contributed by atoms with Crippen LogP contribution in [0.5, 0.6) is 5.75 Å². The van der Waals surface area contributed by atoms with Crippen molar-refractivity contribution in [2.75, 3.05) is 31.6 Å². The molecule has 178 valence electrons. The highest BCUT2D eigenvalue weighted by molar-refractivity contribution is 7.89. The van der Waals surface area contributed by atoms with Crippen LogP contribution in [-0.4, -0.2) is 50.9 Å². The Morgan fingerprint density at radius 3 is 2.33 bits per heavy atom. The van der Waals surface area contributed by atoms with Gasteiger partial charge in [0.05, 0.1) is 17.4 Å². The summed E-state index contributed by atoms with van der Waals surface area (Å²) in [6, 6.07) is 12.0. The van der Waals surface area contributed by atoms with Gasteiger partial charge in [-0.25, -0.2) is 8.42 Å². The molecular weight excluding hydrogens is 444 g/mol. The fourth-order valence-electron chi connectivity index (χ4n) is 3.75. The number of esters is 1. The zero-order valence-corrected chi connectivity index (χ0v) is 20.0. The van der Waals surface area contributed by atoms with Gasteiger partial charge in [0.1, 0.15) is 5.75 Å². The number of aryl methyl sites for hydroxylation is 2. The van der Waals surface area contributed by atoms with Gasteiger partial charge in [-0.05, 0) is 69.5 Å². The Balaban J connectivity index is 1.48. The maximum atomic E-state index is 12.9. The van der Waals surface area contributed by atoms with E-state index in [4.69, 9.17) is 9.47 Å². The van der Waals surface area contributed by atoms with Crippen LogP contribution in [0.4, 0.5) is 5.69 Å². The number of carbonyl (C=O) groups is 2. The van der Waals surface area contributed by atoms with Crippen molar-refractivity contribution in [2.24, 2.45) is 5.92 Å². The third-order valence-electron chi connectivity index (χ3n) is 5.56. The first kappa shape index (κ1) is 24.7. The number of nitrogens with one attached hydrogen (secondary N) is 1. The molecule has 1 amide bonds. The number of carbonyl (C=O) groups excluding carboxylic acids is 2. The topological polar surface area (TPSA) is 102 Å². The predicted molar refractivity (Wildman–Crippen MR) is 125 cm³/mol. The van der Waals surface area contributed by atoms with Crippen LogP contribution in [0.2, 0.25) is 0 Å². The lowest BCUT2D eigenvalue weighted by molar-refractivity contribution is -0.152. The van der Waals surface area contributed by atoms with Crippen LogP contribution in [0.1, 0.15) is 30.9 Å². The molecule has 1 aliphatic heterocycles. The van der Waals surface area contributed by atoms with Gasteiger partial charge in [0.25, 0.3) is 5.91 Å². The van der Waals surface area contributed by atoms with Crippen molar-refractivity contribution in [3.05, 3.63) is 53.6 Å². The summed E-state index contributed by atoms with van der Waals surface area (Å²) in [4.78, 5) is 24.8. The van der Waals surface area contributed by atoms with Crippen LogP contribution >= 0.6 is 0 Å².